The maximum absolute atomic E-state index is 9.75. The number of morpholine rings is 1. The Bertz CT molecular complexity index is 272. The molecule has 1 aliphatic rings. The van der Waals surface area contributed by atoms with Crippen LogP contribution in [0.2, 0.25) is 0 Å². The molecule has 1 unspecified atom stereocenters. The van der Waals surface area contributed by atoms with Crippen LogP contribution in [0.5, 0.6) is 0 Å². The first-order valence-corrected chi connectivity index (χ1v) is 9.53. The summed E-state index contributed by atoms with van der Waals surface area (Å²) in [5.74, 6) is 0. The van der Waals surface area contributed by atoms with Crippen molar-refractivity contribution in [2.75, 3.05) is 26.3 Å². The fourth-order valence-electron chi connectivity index (χ4n) is 2.95. The standard InChI is InChI=1S/C17H35NO.BF4.H3N/c1-3-4-5-6-7-8-9-10-11-12-17(2)18-13-15-19-16-14-18;2-1(3,4)5;/h17H,3-16H2,1-2H3;;1H3/q;-1;/p+1. The third kappa shape index (κ3) is 21.6. The summed E-state index contributed by atoms with van der Waals surface area (Å²) in [5, 5.41) is 0. The van der Waals surface area contributed by atoms with E-state index in [0.717, 1.165) is 32.3 Å². The van der Waals surface area contributed by atoms with Gasteiger partial charge >= 0.3 is 7.25 Å². The molecule has 0 aromatic heterocycles. The predicted molar refractivity (Wildman–Crippen MR) is 99.9 cm³/mol. The third-order valence-corrected chi connectivity index (χ3v) is 4.39. The molecule has 0 bridgehead atoms. The van der Waals surface area contributed by atoms with Crippen molar-refractivity contribution in [3.8, 4) is 0 Å². The number of nitrogens with zero attached hydrogens (tertiary/aromatic N) is 1. The van der Waals surface area contributed by atoms with Crippen LogP contribution in [0, 0.1) is 0 Å². The van der Waals surface area contributed by atoms with Crippen LogP contribution >= 0.6 is 0 Å². The molecule has 0 radical (unpaired) electrons. The van der Waals surface area contributed by atoms with E-state index in [4.69, 9.17) is 4.74 Å². The third-order valence-electron chi connectivity index (χ3n) is 4.39. The molecule has 0 spiro atoms. The molecule has 0 aromatic carbocycles. The SMILES string of the molecule is CCCCCCCCCCCC(C)N1CCOCC1.F[B-](F)(F)F.[NH4+]. The van der Waals surface area contributed by atoms with Crippen molar-refractivity contribution in [2.45, 2.75) is 84.1 Å². The highest BCUT2D eigenvalue weighted by atomic mass is 19.5. The van der Waals surface area contributed by atoms with E-state index in [9.17, 15) is 17.3 Å². The second kappa shape index (κ2) is 17.1. The lowest BCUT2D eigenvalue weighted by atomic mass is 10.0. The molecule has 0 aromatic rings. The van der Waals surface area contributed by atoms with E-state index >= 15 is 0 Å². The molecule has 0 amide bonds. The predicted octanol–water partition coefficient (Wildman–Crippen LogP) is 6.30. The van der Waals surface area contributed by atoms with Crippen LogP contribution in [0.3, 0.4) is 0 Å². The summed E-state index contributed by atoms with van der Waals surface area (Å²) in [6, 6.07) is 0.758. The van der Waals surface area contributed by atoms with Gasteiger partial charge in [0, 0.05) is 19.1 Å². The summed E-state index contributed by atoms with van der Waals surface area (Å²) in [7, 11) is -6.00. The first-order valence-electron chi connectivity index (χ1n) is 9.53. The minimum atomic E-state index is -6.00. The van der Waals surface area contributed by atoms with Gasteiger partial charge in [0.1, 0.15) is 0 Å². The van der Waals surface area contributed by atoms with Crippen molar-refractivity contribution in [1.82, 2.24) is 11.1 Å². The van der Waals surface area contributed by atoms with Gasteiger partial charge < -0.3 is 28.2 Å². The average molecular weight is 374 g/mol. The number of ether oxygens (including phenoxy) is 1. The van der Waals surface area contributed by atoms with Crippen LogP contribution in [0.1, 0.15) is 78.1 Å². The number of hydrogen-bond donors (Lipinski definition) is 1. The zero-order chi connectivity index (χ0) is 18.3. The van der Waals surface area contributed by atoms with Crippen LogP contribution in [0.25, 0.3) is 0 Å². The molecular weight excluding hydrogens is 335 g/mol. The molecule has 8 heteroatoms. The lowest BCUT2D eigenvalue weighted by molar-refractivity contribution is 0.0181. The monoisotopic (exact) mass is 374 g/mol. The van der Waals surface area contributed by atoms with Crippen molar-refractivity contribution < 1.29 is 22.0 Å². The van der Waals surface area contributed by atoms with E-state index < -0.39 is 7.25 Å². The molecule has 1 rings (SSSR count). The van der Waals surface area contributed by atoms with Gasteiger partial charge in [-0.05, 0) is 13.3 Å². The van der Waals surface area contributed by atoms with Crippen LogP contribution in [-0.4, -0.2) is 44.5 Å². The number of hydrogen-bond acceptors (Lipinski definition) is 2. The van der Waals surface area contributed by atoms with Crippen LogP contribution in [0.15, 0.2) is 0 Å². The molecule has 0 aliphatic carbocycles. The minimum Gasteiger partial charge on any atom is -0.418 e. The molecule has 1 heterocycles. The van der Waals surface area contributed by atoms with Gasteiger partial charge in [0.05, 0.1) is 13.2 Å². The molecule has 3 nitrogen and oxygen atoms in total. The molecule has 1 atom stereocenters. The Morgan fingerprint density at radius 3 is 1.68 bits per heavy atom. The van der Waals surface area contributed by atoms with Crippen molar-refractivity contribution in [3.63, 3.8) is 0 Å². The lowest BCUT2D eigenvalue weighted by Crippen LogP contribution is -2.42. The highest BCUT2D eigenvalue weighted by Crippen LogP contribution is 2.14. The quantitative estimate of drug-likeness (QED) is 0.262. The highest BCUT2D eigenvalue weighted by Gasteiger charge is 2.20. The fraction of sp³-hybridized carbons (Fsp3) is 1.00. The van der Waals surface area contributed by atoms with Gasteiger partial charge in [-0.3, -0.25) is 4.90 Å². The normalized spacial score (nSPS) is 16.6. The number of unbranched alkanes of at least 4 members (excludes halogenated alkanes) is 8. The fourth-order valence-corrected chi connectivity index (χ4v) is 2.95. The van der Waals surface area contributed by atoms with E-state index in [1.165, 1.54) is 64.2 Å². The maximum atomic E-state index is 9.75. The minimum absolute atomic E-state index is 0. The molecule has 154 valence electrons. The summed E-state index contributed by atoms with van der Waals surface area (Å²) >= 11 is 0. The average Bonchev–Trinajstić information content (AvgIpc) is 2.52. The van der Waals surface area contributed by atoms with E-state index in [-0.39, 0.29) is 6.15 Å². The second-order valence-electron chi connectivity index (χ2n) is 6.61. The number of rotatable bonds is 11. The Labute approximate surface area is 151 Å². The van der Waals surface area contributed by atoms with E-state index in [2.05, 4.69) is 18.7 Å². The van der Waals surface area contributed by atoms with Gasteiger partial charge in [0.15, 0.2) is 0 Å². The topological polar surface area (TPSA) is 49.0 Å². The van der Waals surface area contributed by atoms with Gasteiger partial charge in [-0.2, -0.15) is 0 Å². The van der Waals surface area contributed by atoms with Crippen LogP contribution < -0.4 is 6.15 Å². The lowest BCUT2D eigenvalue weighted by Gasteiger charge is -2.32. The molecule has 1 aliphatic heterocycles. The van der Waals surface area contributed by atoms with Gasteiger partial charge in [-0.15, -0.1) is 0 Å². The van der Waals surface area contributed by atoms with Gasteiger partial charge in [-0.25, -0.2) is 0 Å². The van der Waals surface area contributed by atoms with Gasteiger partial charge in [-0.1, -0.05) is 64.7 Å². The van der Waals surface area contributed by atoms with Crippen molar-refractivity contribution >= 4 is 7.25 Å². The summed E-state index contributed by atoms with van der Waals surface area (Å²) in [6.07, 6.45) is 14.3. The Kier molecular flexibility index (Phi) is 18.4. The Morgan fingerprint density at radius 2 is 1.24 bits per heavy atom. The zero-order valence-electron chi connectivity index (χ0n) is 16.4. The first-order chi connectivity index (χ1) is 11.3. The molecule has 1 saturated heterocycles. The Morgan fingerprint density at radius 1 is 0.840 bits per heavy atom. The van der Waals surface area contributed by atoms with E-state index in [1.807, 2.05) is 0 Å². The Hall–Kier alpha value is -0.335. The maximum Gasteiger partial charge on any atom is 0.673 e. The van der Waals surface area contributed by atoms with E-state index in [0.29, 0.717) is 0 Å². The molecule has 1 fully saturated rings. The number of quaternary nitrogens is 1. The number of halogens is 4. The summed E-state index contributed by atoms with van der Waals surface area (Å²) in [5.41, 5.74) is 0. The van der Waals surface area contributed by atoms with Gasteiger partial charge in [0.2, 0.25) is 0 Å². The van der Waals surface area contributed by atoms with E-state index in [1.54, 1.807) is 0 Å². The van der Waals surface area contributed by atoms with Crippen LogP contribution in [0.4, 0.5) is 17.3 Å². The molecule has 4 N–H and O–H groups in total. The summed E-state index contributed by atoms with van der Waals surface area (Å²) in [6.45, 7) is 8.81. The first kappa shape index (κ1) is 26.9. The van der Waals surface area contributed by atoms with Crippen molar-refractivity contribution in [1.29, 1.82) is 0 Å². The van der Waals surface area contributed by atoms with Crippen molar-refractivity contribution in [3.05, 3.63) is 0 Å². The van der Waals surface area contributed by atoms with Gasteiger partial charge in [0.25, 0.3) is 0 Å². The summed E-state index contributed by atoms with van der Waals surface area (Å²) in [4.78, 5) is 2.59. The molecular formula is C17H39BF4N2O. The smallest absolute Gasteiger partial charge is 0.418 e. The Balaban J connectivity index is 0. The highest BCUT2D eigenvalue weighted by molar-refractivity contribution is 6.50. The zero-order valence-corrected chi connectivity index (χ0v) is 16.4. The molecule has 0 saturated carbocycles. The summed E-state index contributed by atoms with van der Waals surface area (Å²) < 4.78 is 44.4. The van der Waals surface area contributed by atoms with Crippen molar-refractivity contribution in [2.24, 2.45) is 0 Å². The van der Waals surface area contributed by atoms with Crippen LogP contribution in [-0.2, 0) is 4.74 Å². The second-order valence-corrected chi connectivity index (χ2v) is 6.61. The molecule has 25 heavy (non-hydrogen) atoms. The largest absolute Gasteiger partial charge is 0.673 e.